The lowest BCUT2D eigenvalue weighted by atomic mass is 10.3. The van der Waals surface area contributed by atoms with Crippen LogP contribution in [0.5, 0.6) is 0 Å². The molecule has 0 radical (unpaired) electrons. The molecule has 0 bridgehead atoms. The third-order valence-corrected chi connectivity index (χ3v) is 3.82. The molecule has 0 spiro atoms. The molecule has 6 nitrogen and oxygen atoms in total. The first kappa shape index (κ1) is 13.1. The van der Waals surface area contributed by atoms with Gasteiger partial charge in [0.1, 0.15) is 5.82 Å². The Morgan fingerprint density at radius 3 is 2.70 bits per heavy atom. The molecule has 1 N–H and O–H groups in total. The monoisotopic (exact) mass is 276 g/mol. The summed E-state index contributed by atoms with van der Waals surface area (Å²) < 4.78 is 0. The summed E-state index contributed by atoms with van der Waals surface area (Å²) >= 11 is 0. The topological polar surface area (TPSA) is 71.3 Å². The highest BCUT2D eigenvalue weighted by Gasteiger charge is 2.37. The Morgan fingerprint density at radius 1 is 1.40 bits per heavy atom. The summed E-state index contributed by atoms with van der Waals surface area (Å²) in [6.07, 6.45) is 4.72. The van der Waals surface area contributed by atoms with Crippen LogP contribution in [-0.2, 0) is 0 Å². The van der Waals surface area contributed by atoms with Gasteiger partial charge in [-0.2, -0.15) is 0 Å². The van der Waals surface area contributed by atoms with Crippen LogP contribution in [0.3, 0.4) is 0 Å². The molecule has 1 heterocycles. The number of aromatic nitrogens is 1. The van der Waals surface area contributed by atoms with Crippen LogP contribution in [0.1, 0.15) is 32.6 Å². The minimum Gasteiger partial charge on any atom is -0.370 e. The normalized spacial score (nSPS) is 17.9. The second kappa shape index (κ2) is 5.26. The van der Waals surface area contributed by atoms with Gasteiger partial charge in [0.05, 0.1) is 4.92 Å². The highest BCUT2D eigenvalue weighted by molar-refractivity contribution is 5.63. The predicted molar refractivity (Wildman–Crippen MR) is 78.1 cm³/mol. The van der Waals surface area contributed by atoms with Gasteiger partial charge in [-0.15, -0.1) is 0 Å². The fourth-order valence-electron chi connectivity index (χ4n) is 2.45. The molecule has 2 saturated carbocycles. The molecule has 1 aromatic heterocycles. The Kier molecular flexibility index (Phi) is 3.46. The summed E-state index contributed by atoms with van der Waals surface area (Å²) in [6, 6.07) is 3.70. The number of nitrogens with zero attached hydrogens (tertiary/aromatic N) is 3. The third kappa shape index (κ3) is 2.84. The van der Waals surface area contributed by atoms with Crippen molar-refractivity contribution in [3.05, 3.63) is 22.2 Å². The van der Waals surface area contributed by atoms with Crippen LogP contribution in [0.2, 0.25) is 0 Å². The molecule has 6 heteroatoms. The van der Waals surface area contributed by atoms with E-state index in [-0.39, 0.29) is 10.6 Å². The van der Waals surface area contributed by atoms with Gasteiger partial charge in [0.25, 0.3) is 0 Å². The zero-order valence-corrected chi connectivity index (χ0v) is 11.7. The van der Waals surface area contributed by atoms with Crippen LogP contribution < -0.4 is 10.2 Å². The number of nitro groups is 1. The van der Waals surface area contributed by atoms with Gasteiger partial charge in [-0.25, -0.2) is 4.98 Å². The van der Waals surface area contributed by atoms with Crippen molar-refractivity contribution in [2.24, 2.45) is 5.92 Å². The van der Waals surface area contributed by atoms with Crippen LogP contribution in [0.25, 0.3) is 0 Å². The molecular formula is C14H20N4O2. The molecule has 1 aromatic rings. The summed E-state index contributed by atoms with van der Waals surface area (Å²) in [4.78, 5) is 17.6. The van der Waals surface area contributed by atoms with Gasteiger partial charge in [-0.3, -0.25) is 10.1 Å². The molecule has 0 atom stereocenters. The molecule has 0 unspecified atom stereocenters. The van der Waals surface area contributed by atoms with Crippen LogP contribution >= 0.6 is 0 Å². The SMILES string of the molecule is CCNc1ccc([N+](=O)[O-])c(N(CC2CC2)C2CC2)n1. The lowest BCUT2D eigenvalue weighted by Crippen LogP contribution is -2.29. The highest BCUT2D eigenvalue weighted by Crippen LogP contribution is 2.40. The van der Waals surface area contributed by atoms with Gasteiger partial charge < -0.3 is 10.2 Å². The number of anilines is 2. The predicted octanol–water partition coefficient (Wildman–Crippen LogP) is 2.80. The summed E-state index contributed by atoms with van der Waals surface area (Å²) in [6.45, 7) is 3.66. The Hall–Kier alpha value is -1.85. The maximum atomic E-state index is 11.3. The number of pyridine rings is 1. The molecule has 2 fully saturated rings. The molecule has 20 heavy (non-hydrogen) atoms. The maximum absolute atomic E-state index is 11.3. The van der Waals surface area contributed by atoms with E-state index >= 15 is 0 Å². The average molecular weight is 276 g/mol. The first-order valence-electron chi connectivity index (χ1n) is 7.35. The first-order valence-corrected chi connectivity index (χ1v) is 7.35. The average Bonchev–Trinajstić information content (AvgIpc) is 3.28. The minimum absolute atomic E-state index is 0.124. The van der Waals surface area contributed by atoms with Crippen LogP contribution in [0.4, 0.5) is 17.3 Å². The lowest BCUT2D eigenvalue weighted by molar-refractivity contribution is -0.384. The summed E-state index contributed by atoms with van der Waals surface area (Å²) in [5.74, 6) is 1.96. The molecule has 0 saturated heterocycles. The van der Waals surface area contributed by atoms with E-state index in [1.165, 1.54) is 12.8 Å². The van der Waals surface area contributed by atoms with Gasteiger partial charge in [-0.05, 0) is 44.6 Å². The number of hydrogen-bond donors (Lipinski definition) is 1. The molecule has 0 aromatic carbocycles. The van der Waals surface area contributed by atoms with Gasteiger partial charge in [-0.1, -0.05) is 0 Å². The van der Waals surface area contributed by atoms with Crippen molar-refractivity contribution in [3.8, 4) is 0 Å². The van der Waals surface area contributed by atoms with Gasteiger partial charge >= 0.3 is 5.69 Å². The molecule has 108 valence electrons. The zero-order valence-electron chi connectivity index (χ0n) is 11.7. The van der Waals surface area contributed by atoms with Gasteiger partial charge in [0.15, 0.2) is 0 Å². The third-order valence-electron chi connectivity index (χ3n) is 3.82. The number of rotatable bonds is 7. The van der Waals surface area contributed by atoms with Crippen molar-refractivity contribution in [2.45, 2.75) is 38.6 Å². The van der Waals surface area contributed by atoms with E-state index in [4.69, 9.17) is 0 Å². The van der Waals surface area contributed by atoms with Crippen molar-refractivity contribution in [2.75, 3.05) is 23.3 Å². The fraction of sp³-hybridized carbons (Fsp3) is 0.643. The van der Waals surface area contributed by atoms with E-state index in [2.05, 4.69) is 15.2 Å². The zero-order chi connectivity index (χ0) is 14.1. The van der Waals surface area contributed by atoms with Crippen LogP contribution in [-0.4, -0.2) is 29.0 Å². The van der Waals surface area contributed by atoms with Gasteiger partial charge in [0.2, 0.25) is 5.82 Å². The van der Waals surface area contributed by atoms with Crippen molar-refractivity contribution >= 4 is 17.3 Å². The molecule has 0 aliphatic heterocycles. The Morgan fingerprint density at radius 2 is 2.15 bits per heavy atom. The smallest absolute Gasteiger partial charge is 0.311 e. The van der Waals surface area contributed by atoms with E-state index in [1.807, 2.05) is 6.92 Å². The number of nitrogens with one attached hydrogen (secondary N) is 1. The number of hydrogen-bond acceptors (Lipinski definition) is 5. The Labute approximate surface area is 118 Å². The fourth-order valence-corrected chi connectivity index (χ4v) is 2.45. The van der Waals surface area contributed by atoms with E-state index in [9.17, 15) is 10.1 Å². The molecule has 3 rings (SSSR count). The lowest BCUT2D eigenvalue weighted by Gasteiger charge is -2.23. The van der Waals surface area contributed by atoms with E-state index in [0.29, 0.717) is 17.8 Å². The van der Waals surface area contributed by atoms with E-state index in [1.54, 1.807) is 12.1 Å². The standard InChI is InChI=1S/C14H20N4O2/c1-2-15-13-8-7-12(18(19)20)14(16-13)17(11-5-6-11)9-10-3-4-10/h7-8,10-11H,2-6,9H2,1H3,(H,15,16). The van der Waals surface area contributed by atoms with Crippen LogP contribution in [0.15, 0.2) is 12.1 Å². The van der Waals surface area contributed by atoms with Crippen molar-refractivity contribution in [1.82, 2.24) is 4.98 Å². The second-order valence-electron chi connectivity index (χ2n) is 5.65. The molecule has 2 aliphatic rings. The molecular weight excluding hydrogens is 256 g/mol. The Bertz CT molecular complexity index is 512. The highest BCUT2D eigenvalue weighted by atomic mass is 16.6. The Balaban J connectivity index is 1.93. The maximum Gasteiger partial charge on any atom is 0.311 e. The summed E-state index contributed by atoms with van der Waals surface area (Å²) in [5.41, 5.74) is 0.124. The molecule has 0 amide bonds. The second-order valence-corrected chi connectivity index (χ2v) is 5.65. The summed E-state index contributed by atoms with van der Waals surface area (Å²) in [5, 5.41) is 14.4. The van der Waals surface area contributed by atoms with E-state index < -0.39 is 0 Å². The first-order chi connectivity index (χ1) is 9.69. The molecule has 2 aliphatic carbocycles. The van der Waals surface area contributed by atoms with Crippen LogP contribution in [0, 0.1) is 16.0 Å². The van der Waals surface area contributed by atoms with Crippen molar-refractivity contribution < 1.29 is 4.92 Å². The van der Waals surface area contributed by atoms with Crippen molar-refractivity contribution in [1.29, 1.82) is 0 Å². The van der Waals surface area contributed by atoms with Crippen molar-refractivity contribution in [3.63, 3.8) is 0 Å². The van der Waals surface area contributed by atoms with Gasteiger partial charge in [0, 0.05) is 25.2 Å². The quantitative estimate of drug-likeness (QED) is 0.612. The van der Waals surface area contributed by atoms with E-state index in [0.717, 1.165) is 31.7 Å². The summed E-state index contributed by atoms with van der Waals surface area (Å²) in [7, 11) is 0. The minimum atomic E-state index is -0.319. The largest absolute Gasteiger partial charge is 0.370 e.